The van der Waals surface area contributed by atoms with Crippen molar-refractivity contribution in [1.29, 1.82) is 0 Å². The van der Waals surface area contributed by atoms with Gasteiger partial charge in [0.05, 0.1) is 13.5 Å². The quantitative estimate of drug-likeness (QED) is 0.730. The largest absolute Gasteiger partial charge is 0.496 e. The molecule has 2 aromatic rings. The van der Waals surface area contributed by atoms with Crippen molar-refractivity contribution in [2.24, 2.45) is 0 Å². The number of methoxy groups -OCH3 is 1. The fraction of sp³-hybridized carbons (Fsp3) is 0.263. The summed E-state index contributed by atoms with van der Waals surface area (Å²) in [6, 6.07) is 17.0. The van der Waals surface area contributed by atoms with Crippen molar-refractivity contribution in [2.45, 2.75) is 24.8 Å². The molecule has 0 spiro atoms. The van der Waals surface area contributed by atoms with Crippen LogP contribution < -0.4 is 20.9 Å². The van der Waals surface area contributed by atoms with Gasteiger partial charge in [-0.3, -0.25) is 10.2 Å². The molecule has 1 aliphatic rings. The van der Waals surface area contributed by atoms with Gasteiger partial charge in [-0.15, -0.1) is 0 Å². The number of ether oxygens (including phenoxy) is 1. The Labute approximate surface area is 146 Å². The first-order chi connectivity index (χ1) is 12.2. The highest BCUT2D eigenvalue weighted by molar-refractivity contribution is 5.83. The van der Waals surface area contributed by atoms with Gasteiger partial charge >= 0.3 is 6.03 Å². The molecule has 0 radical (unpaired) electrons. The fourth-order valence-corrected chi connectivity index (χ4v) is 2.82. The number of rotatable bonds is 5. The van der Waals surface area contributed by atoms with Crippen LogP contribution >= 0.6 is 0 Å². The number of carbonyl (C=O) groups excluding carboxylic acids is 2. The number of urea groups is 1. The number of hydrogen-bond donors (Lipinski definition) is 3. The van der Waals surface area contributed by atoms with E-state index in [4.69, 9.17) is 4.74 Å². The molecule has 0 aliphatic heterocycles. The third kappa shape index (κ3) is 4.50. The van der Waals surface area contributed by atoms with Crippen LogP contribution in [0.15, 0.2) is 54.6 Å². The molecule has 3 N–H and O–H groups in total. The lowest BCUT2D eigenvalue weighted by Gasteiger charge is -2.10. The van der Waals surface area contributed by atoms with Crippen LogP contribution in [0, 0.1) is 0 Å². The lowest BCUT2D eigenvalue weighted by Crippen LogP contribution is -2.48. The van der Waals surface area contributed by atoms with Crippen molar-refractivity contribution in [3.63, 3.8) is 0 Å². The van der Waals surface area contributed by atoms with E-state index in [0.717, 1.165) is 12.0 Å². The minimum Gasteiger partial charge on any atom is -0.496 e. The maximum absolute atomic E-state index is 12.0. The van der Waals surface area contributed by atoms with E-state index in [1.54, 1.807) is 13.2 Å². The number of hydrazine groups is 1. The molecule has 3 amide bonds. The summed E-state index contributed by atoms with van der Waals surface area (Å²) >= 11 is 0. The van der Waals surface area contributed by atoms with Crippen LogP contribution in [-0.4, -0.2) is 25.1 Å². The van der Waals surface area contributed by atoms with Gasteiger partial charge in [0.1, 0.15) is 5.75 Å². The Morgan fingerprint density at radius 3 is 2.52 bits per heavy atom. The zero-order valence-electron chi connectivity index (χ0n) is 14.0. The number of carbonyl (C=O) groups is 2. The topological polar surface area (TPSA) is 79.5 Å². The molecular weight excluding hydrogens is 318 g/mol. The maximum Gasteiger partial charge on any atom is 0.333 e. The van der Waals surface area contributed by atoms with Gasteiger partial charge in [0.25, 0.3) is 0 Å². The van der Waals surface area contributed by atoms with E-state index in [0.29, 0.717) is 11.7 Å². The minimum atomic E-state index is -0.406. The van der Waals surface area contributed by atoms with Crippen molar-refractivity contribution >= 4 is 11.9 Å². The average molecular weight is 339 g/mol. The lowest BCUT2D eigenvalue weighted by molar-refractivity contribution is -0.121. The second-order valence-electron chi connectivity index (χ2n) is 5.99. The van der Waals surface area contributed by atoms with Gasteiger partial charge in [-0.25, -0.2) is 10.2 Å². The van der Waals surface area contributed by atoms with Gasteiger partial charge in [0.15, 0.2) is 0 Å². The molecule has 1 aliphatic carbocycles. The summed E-state index contributed by atoms with van der Waals surface area (Å²) in [5.74, 6) is 0.678. The van der Waals surface area contributed by atoms with Gasteiger partial charge in [-0.1, -0.05) is 48.5 Å². The molecule has 0 bridgehead atoms. The molecule has 2 aromatic carbocycles. The molecule has 2 unspecified atom stereocenters. The predicted molar refractivity (Wildman–Crippen MR) is 94.1 cm³/mol. The van der Waals surface area contributed by atoms with Crippen LogP contribution in [0.2, 0.25) is 0 Å². The molecule has 1 saturated carbocycles. The highest BCUT2D eigenvalue weighted by Gasteiger charge is 2.39. The van der Waals surface area contributed by atoms with Gasteiger partial charge in [-0.05, 0) is 18.1 Å². The van der Waals surface area contributed by atoms with Crippen molar-refractivity contribution in [3.8, 4) is 5.75 Å². The van der Waals surface area contributed by atoms with Crippen LogP contribution in [-0.2, 0) is 11.2 Å². The Morgan fingerprint density at radius 2 is 1.76 bits per heavy atom. The summed E-state index contributed by atoms with van der Waals surface area (Å²) in [6.45, 7) is 0. The smallest absolute Gasteiger partial charge is 0.333 e. The zero-order valence-corrected chi connectivity index (χ0v) is 14.0. The number of para-hydroxylation sites is 1. The van der Waals surface area contributed by atoms with E-state index < -0.39 is 6.03 Å². The van der Waals surface area contributed by atoms with Crippen LogP contribution in [0.25, 0.3) is 0 Å². The van der Waals surface area contributed by atoms with Crippen LogP contribution in [0.5, 0.6) is 5.75 Å². The predicted octanol–water partition coefficient (Wildman–Crippen LogP) is 2.12. The second kappa shape index (κ2) is 7.70. The lowest BCUT2D eigenvalue weighted by atomic mass is 10.1. The number of nitrogens with one attached hydrogen (secondary N) is 3. The first-order valence-corrected chi connectivity index (χ1v) is 8.19. The molecule has 6 heteroatoms. The molecular formula is C19H21N3O3. The minimum absolute atomic E-state index is 0.105. The Balaban J connectivity index is 1.41. The summed E-state index contributed by atoms with van der Waals surface area (Å²) in [5, 5.41) is 2.85. The van der Waals surface area contributed by atoms with E-state index in [1.165, 1.54) is 5.56 Å². The highest BCUT2D eigenvalue weighted by atomic mass is 16.5. The Kier molecular flexibility index (Phi) is 5.18. The van der Waals surface area contributed by atoms with Crippen molar-refractivity contribution in [2.75, 3.05) is 7.11 Å². The number of benzene rings is 2. The first kappa shape index (κ1) is 16.8. The van der Waals surface area contributed by atoms with Crippen LogP contribution in [0.1, 0.15) is 23.5 Å². The van der Waals surface area contributed by atoms with E-state index >= 15 is 0 Å². The number of amides is 3. The number of hydrogen-bond acceptors (Lipinski definition) is 3. The van der Waals surface area contributed by atoms with E-state index in [1.807, 2.05) is 36.4 Å². The summed E-state index contributed by atoms with van der Waals surface area (Å²) in [4.78, 5) is 23.9. The highest BCUT2D eigenvalue weighted by Crippen LogP contribution is 2.40. The Morgan fingerprint density at radius 1 is 1.04 bits per heavy atom. The molecule has 3 rings (SSSR count). The van der Waals surface area contributed by atoms with E-state index in [2.05, 4.69) is 28.3 Å². The van der Waals surface area contributed by atoms with E-state index in [9.17, 15) is 9.59 Å². The average Bonchev–Trinajstić information content (AvgIpc) is 3.40. The SMILES string of the molecule is COc1ccccc1CC(=O)NNC(=O)NC1CC1c1ccccc1. The summed E-state index contributed by atoms with van der Waals surface area (Å²) in [5.41, 5.74) is 6.78. The first-order valence-electron chi connectivity index (χ1n) is 8.19. The molecule has 0 saturated heterocycles. The maximum atomic E-state index is 12.0. The van der Waals surface area contributed by atoms with Gasteiger partial charge < -0.3 is 10.1 Å². The molecule has 2 atom stereocenters. The summed E-state index contributed by atoms with van der Waals surface area (Å²) in [6.07, 6.45) is 1.03. The van der Waals surface area contributed by atoms with Crippen molar-refractivity contribution in [3.05, 3.63) is 65.7 Å². The van der Waals surface area contributed by atoms with E-state index in [-0.39, 0.29) is 18.4 Å². The van der Waals surface area contributed by atoms with Gasteiger partial charge in [0.2, 0.25) is 5.91 Å². The Bertz CT molecular complexity index is 749. The fourth-order valence-electron chi connectivity index (χ4n) is 2.82. The van der Waals surface area contributed by atoms with Gasteiger partial charge in [-0.2, -0.15) is 0 Å². The Hall–Kier alpha value is -3.02. The normalized spacial score (nSPS) is 18.1. The molecule has 0 heterocycles. The molecule has 130 valence electrons. The standard InChI is InChI=1S/C19H21N3O3/c1-25-17-10-6-5-9-14(17)11-18(23)21-22-19(24)20-16-12-15(16)13-7-3-2-4-8-13/h2-10,15-16H,11-12H2,1H3,(H,21,23)(H2,20,22,24). The molecule has 0 aromatic heterocycles. The summed E-state index contributed by atoms with van der Waals surface area (Å²) in [7, 11) is 1.56. The van der Waals surface area contributed by atoms with Crippen molar-refractivity contribution < 1.29 is 14.3 Å². The van der Waals surface area contributed by atoms with Crippen molar-refractivity contribution in [1.82, 2.24) is 16.2 Å². The zero-order chi connectivity index (χ0) is 17.6. The molecule has 1 fully saturated rings. The third-order valence-corrected chi connectivity index (χ3v) is 4.19. The molecule has 25 heavy (non-hydrogen) atoms. The molecule has 6 nitrogen and oxygen atoms in total. The summed E-state index contributed by atoms with van der Waals surface area (Å²) < 4.78 is 5.21. The second-order valence-corrected chi connectivity index (χ2v) is 5.99. The van der Waals surface area contributed by atoms with Gasteiger partial charge in [0, 0.05) is 17.5 Å². The monoisotopic (exact) mass is 339 g/mol. The van der Waals surface area contributed by atoms with Crippen LogP contribution in [0.4, 0.5) is 4.79 Å². The van der Waals surface area contributed by atoms with Crippen LogP contribution in [0.3, 0.4) is 0 Å². The third-order valence-electron chi connectivity index (χ3n) is 4.19.